The van der Waals surface area contributed by atoms with Gasteiger partial charge >= 0.3 is 12.1 Å². The first-order valence-corrected chi connectivity index (χ1v) is 9.26. The number of hydrogen-bond acceptors (Lipinski definition) is 4. The van der Waals surface area contributed by atoms with Gasteiger partial charge in [-0.2, -0.15) is 18.2 Å². The predicted molar refractivity (Wildman–Crippen MR) is 90.8 cm³/mol. The molecule has 2 fully saturated rings. The molecule has 1 aromatic heterocycles. The SMILES string of the molecule is O=C(c1ccc(-c2noc(C(F)(F)F)n2)cc1)N1CCCC2CCCCC21. The molecule has 1 saturated carbocycles. The molecular weight excluding hydrogens is 359 g/mol. The minimum atomic E-state index is -4.67. The van der Waals surface area contributed by atoms with Gasteiger partial charge in [0, 0.05) is 23.7 Å². The van der Waals surface area contributed by atoms with Gasteiger partial charge in [0.15, 0.2) is 0 Å². The molecule has 1 aromatic carbocycles. The molecule has 1 aliphatic carbocycles. The number of aromatic nitrogens is 2. The monoisotopic (exact) mass is 379 g/mol. The topological polar surface area (TPSA) is 59.2 Å². The fourth-order valence-corrected chi connectivity index (χ4v) is 4.26. The van der Waals surface area contributed by atoms with Crippen LogP contribution < -0.4 is 0 Å². The van der Waals surface area contributed by atoms with Crippen molar-refractivity contribution in [3.8, 4) is 11.4 Å². The largest absolute Gasteiger partial charge is 0.471 e. The number of halogens is 3. The summed E-state index contributed by atoms with van der Waals surface area (Å²) >= 11 is 0. The van der Waals surface area contributed by atoms with Crippen LogP contribution in [0.4, 0.5) is 13.2 Å². The van der Waals surface area contributed by atoms with Crippen LogP contribution in [-0.2, 0) is 6.18 Å². The predicted octanol–water partition coefficient (Wildman–Crippen LogP) is 4.55. The average Bonchev–Trinajstić information content (AvgIpc) is 3.18. The Hall–Kier alpha value is -2.38. The number of piperidine rings is 1. The molecule has 2 aliphatic rings. The molecule has 4 rings (SSSR count). The summed E-state index contributed by atoms with van der Waals surface area (Å²) in [6.45, 7) is 0.765. The molecule has 2 unspecified atom stereocenters. The van der Waals surface area contributed by atoms with Gasteiger partial charge in [-0.25, -0.2) is 0 Å². The molecule has 1 amide bonds. The van der Waals surface area contributed by atoms with E-state index in [0.717, 1.165) is 25.8 Å². The number of amides is 1. The second-order valence-corrected chi connectivity index (χ2v) is 7.25. The normalized spacial score (nSPS) is 23.1. The van der Waals surface area contributed by atoms with Crippen LogP contribution >= 0.6 is 0 Å². The third-order valence-electron chi connectivity index (χ3n) is 5.56. The highest BCUT2D eigenvalue weighted by atomic mass is 19.4. The number of carbonyl (C=O) groups is 1. The fourth-order valence-electron chi connectivity index (χ4n) is 4.26. The zero-order chi connectivity index (χ0) is 19.0. The first-order chi connectivity index (χ1) is 12.9. The number of benzene rings is 1. The van der Waals surface area contributed by atoms with E-state index in [9.17, 15) is 18.0 Å². The fraction of sp³-hybridized carbons (Fsp3) is 0.526. The van der Waals surface area contributed by atoms with E-state index < -0.39 is 12.1 Å². The summed E-state index contributed by atoms with van der Waals surface area (Å²) in [6, 6.07) is 6.66. The summed E-state index contributed by atoms with van der Waals surface area (Å²) in [7, 11) is 0. The highest BCUT2D eigenvalue weighted by molar-refractivity contribution is 5.95. The third-order valence-corrected chi connectivity index (χ3v) is 5.56. The lowest BCUT2D eigenvalue weighted by molar-refractivity contribution is -0.159. The smallest absolute Gasteiger partial charge is 0.335 e. The molecule has 0 bridgehead atoms. The Kier molecular flexibility index (Phi) is 4.65. The lowest BCUT2D eigenvalue weighted by atomic mass is 9.78. The van der Waals surface area contributed by atoms with Crippen molar-refractivity contribution >= 4 is 5.91 Å². The molecular formula is C19H20F3N3O2. The van der Waals surface area contributed by atoms with Gasteiger partial charge < -0.3 is 9.42 Å². The Morgan fingerprint density at radius 1 is 1.07 bits per heavy atom. The van der Waals surface area contributed by atoms with E-state index in [1.165, 1.54) is 19.3 Å². The second kappa shape index (κ2) is 6.98. The quantitative estimate of drug-likeness (QED) is 0.768. The molecule has 8 heteroatoms. The van der Waals surface area contributed by atoms with Crippen molar-refractivity contribution in [1.29, 1.82) is 0 Å². The first kappa shape index (κ1) is 18.0. The summed E-state index contributed by atoms with van der Waals surface area (Å²) in [5.41, 5.74) is 0.907. The molecule has 2 heterocycles. The Morgan fingerprint density at radius 2 is 1.78 bits per heavy atom. The van der Waals surface area contributed by atoms with Crippen LogP contribution in [0.1, 0.15) is 54.8 Å². The molecule has 0 N–H and O–H groups in total. The van der Waals surface area contributed by atoms with Gasteiger partial charge in [-0.1, -0.05) is 30.1 Å². The van der Waals surface area contributed by atoms with Gasteiger partial charge in [-0.3, -0.25) is 4.79 Å². The minimum Gasteiger partial charge on any atom is -0.335 e. The van der Waals surface area contributed by atoms with Crippen molar-refractivity contribution in [1.82, 2.24) is 15.0 Å². The van der Waals surface area contributed by atoms with Crippen LogP contribution in [0, 0.1) is 5.92 Å². The van der Waals surface area contributed by atoms with Crippen molar-refractivity contribution in [2.75, 3.05) is 6.54 Å². The molecule has 5 nitrogen and oxygen atoms in total. The van der Waals surface area contributed by atoms with Crippen molar-refractivity contribution in [3.63, 3.8) is 0 Å². The number of nitrogens with zero attached hydrogens (tertiary/aromatic N) is 3. The maximum atomic E-state index is 13.0. The molecule has 144 valence electrons. The van der Waals surface area contributed by atoms with Gasteiger partial charge in [-0.15, -0.1) is 0 Å². The van der Waals surface area contributed by atoms with E-state index >= 15 is 0 Å². The zero-order valence-electron chi connectivity index (χ0n) is 14.7. The lowest BCUT2D eigenvalue weighted by Gasteiger charge is -2.44. The molecule has 27 heavy (non-hydrogen) atoms. The Bertz CT molecular complexity index is 814. The van der Waals surface area contributed by atoms with Crippen LogP contribution in [0.15, 0.2) is 28.8 Å². The first-order valence-electron chi connectivity index (χ1n) is 9.26. The van der Waals surface area contributed by atoms with Crippen LogP contribution in [0.3, 0.4) is 0 Å². The maximum absolute atomic E-state index is 13.0. The number of hydrogen-bond donors (Lipinski definition) is 0. The minimum absolute atomic E-state index is 0.0118. The number of alkyl halides is 3. The van der Waals surface area contributed by atoms with Crippen LogP contribution in [-0.4, -0.2) is 33.5 Å². The molecule has 0 spiro atoms. The summed E-state index contributed by atoms with van der Waals surface area (Å²) in [5.74, 6) is -0.945. The molecule has 2 atom stereocenters. The molecule has 1 saturated heterocycles. The summed E-state index contributed by atoms with van der Waals surface area (Å²) in [5, 5.41) is 3.37. The lowest BCUT2D eigenvalue weighted by Crippen LogP contribution is -2.49. The highest BCUT2D eigenvalue weighted by Crippen LogP contribution is 2.36. The third kappa shape index (κ3) is 3.57. The summed E-state index contributed by atoms with van der Waals surface area (Å²) in [6.07, 6.45) is 2.17. The van der Waals surface area contributed by atoms with E-state index in [4.69, 9.17) is 0 Å². The average molecular weight is 379 g/mol. The van der Waals surface area contributed by atoms with Gasteiger partial charge in [0.25, 0.3) is 5.91 Å². The van der Waals surface area contributed by atoms with Crippen LogP contribution in [0.5, 0.6) is 0 Å². The van der Waals surface area contributed by atoms with Crippen LogP contribution in [0.25, 0.3) is 11.4 Å². The standard InChI is InChI=1S/C19H20F3N3O2/c20-19(21,22)18-23-16(24-27-18)13-7-9-14(10-8-13)17(26)25-11-3-5-12-4-1-2-6-15(12)25/h7-10,12,15H,1-6,11H2. The maximum Gasteiger partial charge on any atom is 0.471 e. The van der Waals surface area contributed by atoms with Gasteiger partial charge in [0.1, 0.15) is 0 Å². The van der Waals surface area contributed by atoms with Gasteiger partial charge in [0.05, 0.1) is 0 Å². The van der Waals surface area contributed by atoms with Crippen molar-refractivity contribution in [2.24, 2.45) is 5.92 Å². The van der Waals surface area contributed by atoms with Crippen LogP contribution in [0.2, 0.25) is 0 Å². The molecule has 1 aliphatic heterocycles. The molecule has 0 radical (unpaired) electrons. The summed E-state index contributed by atoms with van der Waals surface area (Å²) in [4.78, 5) is 18.3. The van der Waals surface area contributed by atoms with E-state index in [-0.39, 0.29) is 11.7 Å². The zero-order valence-corrected chi connectivity index (χ0v) is 14.7. The van der Waals surface area contributed by atoms with Gasteiger partial charge in [-0.05, 0) is 43.7 Å². The number of carbonyl (C=O) groups excluding carboxylic acids is 1. The van der Waals surface area contributed by atoms with Crippen molar-refractivity contribution < 1.29 is 22.5 Å². The van der Waals surface area contributed by atoms with E-state index in [1.54, 1.807) is 24.3 Å². The van der Waals surface area contributed by atoms with Crippen molar-refractivity contribution in [2.45, 2.75) is 50.7 Å². The summed E-state index contributed by atoms with van der Waals surface area (Å²) < 4.78 is 42.0. The van der Waals surface area contributed by atoms with Crippen molar-refractivity contribution in [3.05, 3.63) is 35.7 Å². The number of rotatable bonds is 2. The number of fused-ring (bicyclic) bond motifs is 1. The van der Waals surface area contributed by atoms with E-state index in [0.29, 0.717) is 23.1 Å². The Morgan fingerprint density at radius 3 is 2.48 bits per heavy atom. The second-order valence-electron chi connectivity index (χ2n) is 7.25. The van der Waals surface area contributed by atoms with E-state index in [2.05, 4.69) is 14.7 Å². The van der Waals surface area contributed by atoms with Gasteiger partial charge in [0.2, 0.25) is 5.82 Å². The molecule has 2 aromatic rings. The van der Waals surface area contributed by atoms with E-state index in [1.807, 2.05) is 4.90 Å². The Balaban J connectivity index is 1.51. The number of likely N-dealkylation sites (tertiary alicyclic amines) is 1. The highest BCUT2D eigenvalue weighted by Gasteiger charge is 2.39. The Labute approximate surface area is 154 Å².